The van der Waals surface area contributed by atoms with Crippen LogP contribution in [-0.4, -0.2) is 47.2 Å². The molecule has 0 bridgehead atoms. The van der Waals surface area contributed by atoms with Crippen molar-refractivity contribution >= 4 is 5.91 Å². The third-order valence-electron chi connectivity index (χ3n) is 3.72. The number of carbonyl (C=O) groups is 1. The van der Waals surface area contributed by atoms with E-state index in [0.29, 0.717) is 17.5 Å². The van der Waals surface area contributed by atoms with Crippen molar-refractivity contribution in [3.8, 4) is 0 Å². The van der Waals surface area contributed by atoms with Crippen LogP contribution >= 0.6 is 0 Å². The van der Waals surface area contributed by atoms with E-state index in [1.165, 1.54) is 19.4 Å². The molecule has 1 atom stereocenters. The molecule has 2 N–H and O–H groups in total. The summed E-state index contributed by atoms with van der Waals surface area (Å²) >= 11 is 0. The van der Waals surface area contributed by atoms with Gasteiger partial charge in [-0.25, -0.2) is 0 Å². The molecule has 112 valence electrons. The first-order chi connectivity index (χ1) is 9.54. The molecule has 1 unspecified atom stereocenters. The summed E-state index contributed by atoms with van der Waals surface area (Å²) in [6.45, 7) is 10.6. The van der Waals surface area contributed by atoms with Gasteiger partial charge in [0.15, 0.2) is 0 Å². The highest BCUT2D eigenvalue weighted by molar-refractivity contribution is 5.92. The molecule has 20 heavy (non-hydrogen) atoms. The maximum absolute atomic E-state index is 12.0. The molecule has 0 saturated carbocycles. The van der Waals surface area contributed by atoms with Crippen molar-refractivity contribution in [2.75, 3.05) is 26.2 Å². The number of aryl methyl sites for hydroxylation is 1. The summed E-state index contributed by atoms with van der Waals surface area (Å²) < 4.78 is 0. The van der Waals surface area contributed by atoms with Gasteiger partial charge in [0.2, 0.25) is 0 Å². The van der Waals surface area contributed by atoms with E-state index in [2.05, 4.69) is 34.3 Å². The van der Waals surface area contributed by atoms with Crippen LogP contribution in [0.3, 0.4) is 0 Å². The molecular weight excluding hydrogens is 252 g/mol. The fourth-order valence-electron chi connectivity index (χ4n) is 2.86. The second-order valence-electron chi connectivity index (χ2n) is 6.31. The zero-order valence-electron chi connectivity index (χ0n) is 12.8. The lowest BCUT2D eigenvalue weighted by molar-refractivity contribution is 0.0924. The highest BCUT2D eigenvalue weighted by Gasteiger charge is 2.21. The van der Waals surface area contributed by atoms with Gasteiger partial charge >= 0.3 is 0 Å². The van der Waals surface area contributed by atoms with E-state index in [-0.39, 0.29) is 5.91 Å². The van der Waals surface area contributed by atoms with E-state index in [1.54, 1.807) is 6.07 Å². The molecule has 0 radical (unpaired) electrons. The minimum atomic E-state index is -0.0738. The average molecular weight is 278 g/mol. The van der Waals surface area contributed by atoms with Gasteiger partial charge in [-0.2, -0.15) is 5.10 Å². The van der Waals surface area contributed by atoms with Gasteiger partial charge in [0.25, 0.3) is 5.91 Å². The van der Waals surface area contributed by atoms with Gasteiger partial charge in [0.1, 0.15) is 5.69 Å². The van der Waals surface area contributed by atoms with Crippen molar-refractivity contribution in [3.05, 3.63) is 17.5 Å². The second kappa shape index (κ2) is 6.88. The van der Waals surface area contributed by atoms with Crippen molar-refractivity contribution in [1.29, 1.82) is 0 Å². The van der Waals surface area contributed by atoms with Crippen LogP contribution in [0.4, 0.5) is 0 Å². The summed E-state index contributed by atoms with van der Waals surface area (Å²) in [6.07, 6.45) is 2.43. The number of carbonyl (C=O) groups excluding carboxylic acids is 1. The first-order valence-electron chi connectivity index (χ1n) is 7.57. The molecule has 1 saturated heterocycles. The van der Waals surface area contributed by atoms with Crippen molar-refractivity contribution in [2.45, 2.75) is 33.6 Å². The Kier molecular flexibility index (Phi) is 5.17. The molecule has 0 spiro atoms. The van der Waals surface area contributed by atoms with Crippen LogP contribution in [0.15, 0.2) is 6.07 Å². The van der Waals surface area contributed by atoms with Gasteiger partial charge in [-0.1, -0.05) is 13.8 Å². The topological polar surface area (TPSA) is 61.0 Å². The Morgan fingerprint density at radius 2 is 2.40 bits per heavy atom. The predicted molar refractivity (Wildman–Crippen MR) is 79.7 cm³/mol. The first kappa shape index (κ1) is 15.0. The zero-order valence-corrected chi connectivity index (χ0v) is 12.8. The smallest absolute Gasteiger partial charge is 0.271 e. The molecule has 2 heterocycles. The number of likely N-dealkylation sites (tertiary alicyclic amines) is 1. The normalized spacial score (nSPS) is 20.3. The second-order valence-corrected chi connectivity index (χ2v) is 6.31. The summed E-state index contributed by atoms with van der Waals surface area (Å²) in [6, 6.07) is 1.78. The number of nitrogens with one attached hydrogen (secondary N) is 2. The monoisotopic (exact) mass is 278 g/mol. The lowest BCUT2D eigenvalue weighted by atomic mass is 9.97. The van der Waals surface area contributed by atoms with Crippen molar-refractivity contribution in [3.63, 3.8) is 0 Å². The van der Waals surface area contributed by atoms with Crippen LogP contribution in [0.5, 0.6) is 0 Å². The quantitative estimate of drug-likeness (QED) is 0.863. The maximum atomic E-state index is 12.0. The molecule has 0 aliphatic carbocycles. The summed E-state index contributed by atoms with van der Waals surface area (Å²) in [5.74, 6) is 1.19. The standard InChI is InChI=1S/C15H26N4O/c1-11(2)9-19-6-4-5-13(10-19)8-16-15(20)14-7-12(3)17-18-14/h7,11,13H,4-6,8-10H2,1-3H3,(H,16,20)(H,17,18). The fourth-order valence-corrected chi connectivity index (χ4v) is 2.86. The Hall–Kier alpha value is -1.36. The molecule has 1 amide bonds. The van der Waals surface area contributed by atoms with Gasteiger partial charge in [-0.3, -0.25) is 9.89 Å². The lowest BCUT2D eigenvalue weighted by Crippen LogP contribution is -2.42. The van der Waals surface area contributed by atoms with Crippen molar-refractivity contribution in [1.82, 2.24) is 20.4 Å². The van der Waals surface area contributed by atoms with E-state index in [1.807, 2.05) is 6.92 Å². The average Bonchev–Trinajstić information content (AvgIpc) is 2.82. The number of aromatic nitrogens is 2. The summed E-state index contributed by atoms with van der Waals surface area (Å²) in [4.78, 5) is 14.5. The third kappa shape index (κ3) is 4.34. The Morgan fingerprint density at radius 3 is 3.05 bits per heavy atom. The molecule has 1 aliphatic heterocycles. The summed E-state index contributed by atoms with van der Waals surface area (Å²) in [7, 11) is 0. The highest BCUT2D eigenvalue weighted by Crippen LogP contribution is 2.17. The van der Waals surface area contributed by atoms with Gasteiger partial charge in [0, 0.05) is 25.3 Å². The number of piperidine rings is 1. The Bertz CT molecular complexity index is 441. The van der Waals surface area contributed by atoms with Gasteiger partial charge in [-0.15, -0.1) is 0 Å². The Morgan fingerprint density at radius 1 is 1.60 bits per heavy atom. The first-order valence-corrected chi connectivity index (χ1v) is 7.57. The van der Waals surface area contributed by atoms with Crippen molar-refractivity contribution < 1.29 is 4.79 Å². The maximum Gasteiger partial charge on any atom is 0.271 e. The summed E-state index contributed by atoms with van der Waals surface area (Å²) in [5.41, 5.74) is 1.40. The molecular formula is C15H26N4O. The fraction of sp³-hybridized carbons (Fsp3) is 0.733. The zero-order chi connectivity index (χ0) is 14.5. The minimum absolute atomic E-state index is 0.0738. The molecule has 1 aromatic heterocycles. The van der Waals surface area contributed by atoms with Gasteiger partial charge in [-0.05, 0) is 44.2 Å². The highest BCUT2D eigenvalue weighted by atomic mass is 16.1. The molecule has 1 aromatic rings. The summed E-state index contributed by atoms with van der Waals surface area (Å²) in [5, 5.41) is 9.79. The predicted octanol–water partition coefficient (Wildman–Crippen LogP) is 1.82. The van der Waals surface area contributed by atoms with E-state index < -0.39 is 0 Å². The largest absolute Gasteiger partial charge is 0.350 e. The Balaban J connectivity index is 1.77. The number of rotatable bonds is 5. The van der Waals surface area contributed by atoms with Crippen molar-refractivity contribution in [2.24, 2.45) is 11.8 Å². The van der Waals surface area contributed by atoms with Crippen LogP contribution in [0.1, 0.15) is 42.9 Å². The van der Waals surface area contributed by atoms with Crippen LogP contribution in [0.25, 0.3) is 0 Å². The number of hydrogen-bond acceptors (Lipinski definition) is 3. The molecule has 5 nitrogen and oxygen atoms in total. The molecule has 0 aromatic carbocycles. The molecule has 2 rings (SSSR count). The number of hydrogen-bond donors (Lipinski definition) is 2. The molecule has 5 heteroatoms. The molecule has 1 aliphatic rings. The number of H-pyrrole nitrogens is 1. The third-order valence-corrected chi connectivity index (χ3v) is 3.72. The molecule has 1 fully saturated rings. The lowest BCUT2D eigenvalue weighted by Gasteiger charge is -2.33. The number of nitrogens with zero attached hydrogens (tertiary/aromatic N) is 2. The number of aromatic amines is 1. The van der Waals surface area contributed by atoms with E-state index >= 15 is 0 Å². The van der Waals surface area contributed by atoms with Crippen LogP contribution in [0, 0.1) is 18.8 Å². The van der Waals surface area contributed by atoms with Crippen LogP contribution in [-0.2, 0) is 0 Å². The van der Waals surface area contributed by atoms with Crippen LogP contribution in [0.2, 0.25) is 0 Å². The van der Waals surface area contributed by atoms with Gasteiger partial charge < -0.3 is 10.2 Å². The van der Waals surface area contributed by atoms with E-state index in [9.17, 15) is 4.79 Å². The van der Waals surface area contributed by atoms with Crippen LogP contribution < -0.4 is 5.32 Å². The minimum Gasteiger partial charge on any atom is -0.350 e. The number of amides is 1. The Labute approximate surface area is 121 Å². The SMILES string of the molecule is Cc1cc(C(=O)NCC2CCCN(CC(C)C)C2)n[nH]1. The van der Waals surface area contributed by atoms with Gasteiger partial charge in [0.05, 0.1) is 0 Å². The van der Waals surface area contributed by atoms with E-state index in [4.69, 9.17) is 0 Å². The van der Waals surface area contributed by atoms with E-state index in [0.717, 1.165) is 25.3 Å².